The van der Waals surface area contributed by atoms with Crippen LogP contribution in [-0.4, -0.2) is 44.6 Å². The maximum absolute atomic E-state index is 12.4. The molecule has 1 aromatic carbocycles. The highest BCUT2D eigenvalue weighted by molar-refractivity contribution is 6.32. The molecule has 0 spiro atoms. The monoisotopic (exact) mass is 338 g/mol. The lowest BCUT2D eigenvalue weighted by molar-refractivity contribution is -0.132. The fourth-order valence-corrected chi connectivity index (χ4v) is 3.37. The minimum atomic E-state index is 0.254. The molecule has 0 saturated carbocycles. The molecule has 23 heavy (non-hydrogen) atoms. The van der Waals surface area contributed by atoms with Crippen molar-refractivity contribution in [3.05, 3.63) is 28.8 Å². The Hall–Kier alpha value is -1.26. The van der Waals surface area contributed by atoms with E-state index in [9.17, 15) is 4.79 Å². The van der Waals surface area contributed by atoms with Gasteiger partial charge in [-0.05, 0) is 62.9 Å². The van der Waals surface area contributed by atoms with E-state index in [0.717, 1.165) is 50.4 Å². The Kier molecular flexibility index (Phi) is 7.18. The van der Waals surface area contributed by atoms with Crippen LogP contribution in [0.3, 0.4) is 0 Å². The highest BCUT2D eigenvalue weighted by atomic mass is 35.5. The number of methoxy groups -OCH3 is 1. The van der Waals surface area contributed by atoms with Crippen molar-refractivity contribution < 1.29 is 9.53 Å². The zero-order chi connectivity index (χ0) is 16.7. The molecule has 0 aromatic heterocycles. The fourth-order valence-electron chi connectivity index (χ4n) is 3.09. The Labute approximate surface area is 144 Å². The van der Waals surface area contributed by atoms with E-state index in [4.69, 9.17) is 16.3 Å². The van der Waals surface area contributed by atoms with Crippen molar-refractivity contribution in [2.45, 2.75) is 32.1 Å². The molecule has 0 aliphatic carbocycles. The average Bonchev–Trinajstić information content (AvgIpc) is 2.58. The third-order valence-electron chi connectivity index (χ3n) is 4.61. The summed E-state index contributed by atoms with van der Waals surface area (Å²) in [6.45, 7) is 2.87. The van der Waals surface area contributed by atoms with Crippen molar-refractivity contribution in [3.8, 4) is 5.75 Å². The van der Waals surface area contributed by atoms with E-state index in [2.05, 4.69) is 5.32 Å². The van der Waals surface area contributed by atoms with Gasteiger partial charge in [-0.3, -0.25) is 4.79 Å². The number of carbonyl (C=O) groups excluding carboxylic acids is 1. The fraction of sp³-hybridized carbons (Fsp3) is 0.611. The first-order valence-electron chi connectivity index (χ1n) is 8.38. The molecule has 4 nitrogen and oxygen atoms in total. The average molecular weight is 339 g/mol. The molecule has 2 rings (SSSR count). The minimum Gasteiger partial charge on any atom is -0.495 e. The number of ether oxygens (including phenoxy) is 1. The number of amides is 1. The minimum absolute atomic E-state index is 0.254. The van der Waals surface area contributed by atoms with Gasteiger partial charge in [0.05, 0.1) is 12.1 Å². The van der Waals surface area contributed by atoms with Gasteiger partial charge in [0, 0.05) is 19.5 Å². The zero-order valence-electron chi connectivity index (χ0n) is 14.1. The molecule has 1 aliphatic heterocycles. The summed E-state index contributed by atoms with van der Waals surface area (Å²) in [5.74, 6) is 1.68. The number of rotatable bonds is 7. The quantitative estimate of drug-likeness (QED) is 0.830. The number of hydrogen-bond acceptors (Lipinski definition) is 3. The van der Waals surface area contributed by atoms with Gasteiger partial charge in [0.2, 0.25) is 5.91 Å². The number of piperidine rings is 1. The molecule has 1 aliphatic rings. The summed E-state index contributed by atoms with van der Waals surface area (Å²) in [6.07, 6.45) is 4.73. The van der Waals surface area contributed by atoms with E-state index in [1.807, 2.05) is 30.1 Å². The lowest BCUT2D eigenvalue weighted by Gasteiger charge is -2.32. The maximum Gasteiger partial charge on any atom is 0.222 e. The SMILES string of the molecule is CNCCC1CCN(C(=O)CCc2ccc(OC)c(Cl)c2)CC1. The van der Waals surface area contributed by atoms with Crippen molar-refractivity contribution in [3.63, 3.8) is 0 Å². The Morgan fingerprint density at radius 2 is 2.13 bits per heavy atom. The van der Waals surface area contributed by atoms with Gasteiger partial charge in [0.25, 0.3) is 0 Å². The summed E-state index contributed by atoms with van der Waals surface area (Å²) in [6, 6.07) is 5.72. The highest BCUT2D eigenvalue weighted by Crippen LogP contribution is 2.26. The van der Waals surface area contributed by atoms with E-state index in [-0.39, 0.29) is 5.91 Å². The van der Waals surface area contributed by atoms with Crippen molar-refractivity contribution in [1.29, 1.82) is 0 Å². The van der Waals surface area contributed by atoms with E-state index in [1.54, 1.807) is 7.11 Å². The summed E-state index contributed by atoms with van der Waals surface area (Å²) in [5.41, 5.74) is 1.08. The lowest BCUT2D eigenvalue weighted by Crippen LogP contribution is -2.39. The number of benzene rings is 1. The van der Waals surface area contributed by atoms with Crippen molar-refractivity contribution in [1.82, 2.24) is 10.2 Å². The molecule has 1 N–H and O–H groups in total. The van der Waals surface area contributed by atoms with E-state index < -0.39 is 0 Å². The largest absolute Gasteiger partial charge is 0.495 e. The van der Waals surface area contributed by atoms with Crippen molar-refractivity contribution >= 4 is 17.5 Å². The zero-order valence-corrected chi connectivity index (χ0v) is 14.9. The summed E-state index contributed by atoms with van der Waals surface area (Å²) in [5, 5.41) is 3.80. The van der Waals surface area contributed by atoms with Crippen LogP contribution in [0.4, 0.5) is 0 Å². The smallest absolute Gasteiger partial charge is 0.222 e. The van der Waals surface area contributed by atoms with Gasteiger partial charge in [-0.25, -0.2) is 0 Å². The van der Waals surface area contributed by atoms with Crippen LogP contribution in [0, 0.1) is 5.92 Å². The summed E-state index contributed by atoms with van der Waals surface area (Å²) in [4.78, 5) is 14.4. The first kappa shape index (κ1) is 18.1. The molecular formula is C18H27ClN2O2. The molecule has 0 unspecified atom stereocenters. The number of hydrogen-bond donors (Lipinski definition) is 1. The molecule has 1 aromatic rings. The van der Waals surface area contributed by atoms with E-state index in [0.29, 0.717) is 17.2 Å². The lowest BCUT2D eigenvalue weighted by atomic mass is 9.93. The molecule has 5 heteroatoms. The van der Waals surface area contributed by atoms with E-state index >= 15 is 0 Å². The van der Waals surface area contributed by atoms with Crippen LogP contribution < -0.4 is 10.1 Å². The molecule has 1 saturated heterocycles. The van der Waals surface area contributed by atoms with Crippen LogP contribution >= 0.6 is 11.6 Å². The molecule has 1 heterocycles. The third kappa shape index (κ3) is 5.40. The van der Waals surface area contributed by atoms with Gasteiger partial charge in [0.1, 0.15) is 5.75 Å². The number of aryl methyl sites for hydroxylation is 1. The number of likely N-dealkylation sites (tertiary alicyclic amines) is 1. The predicted molar refractivity (Wildman–Crippen MR) is 94.2 cm³/mol. The maximum atomic E-state index is 12.4. The second-order valence-electron chi connectivity index (χ2n) is 6.19. The molecule has 0 atom stereocenters. The van der Waals surface area contributed by atoms with Crippen LogP contribution in [0.25, 0.3) is 0 Å². The topological polar surface area (TPSA) is 41.6 Å². The number of halogens is 1. The van der Waals surface area contributed by atoms with Crippen LogP contribution in [-0.2, 0) is 11.2 Å². The number of nitrogens with zero attached hydrogens (tertiary/aromatic N) is 1. The molecule has 1 amide bonds. The van der Waals surface area contributed by atoms with Crippen LogP contribution in [0.1, 0.15) is 31.2 Å². The predicted octanol–water partition coefficient (Wildman–Crippen LogP) is 3.13. The van der Waals surface area contributed by atoms with Crippen LogP contribution in [0.2, 0.25) is 5.02 Å². The molecule has 0 bridgehead atoms. The van der Waals surface area contributed by atoms with Crippen molar-refractivity contribution in [2.24, 2.45) is 5.92 Å². The second kappa shape index (κ2) is 9.14. The second-order valence-corrected chi connectivity index (χ2v) is 6.59. The van der Waals surface area contributed by atoms with Gasteiger partial charge in [-0.1, -0.05) is 17.7 Å². The van der Waals surface area contributed by atoms with Crippen LogP contribution in [0.15, 0.2) is 18.2 Å². The Bertz CT molecular complexity index is 514. The summed E-state index contributed by atoms with van der Waals surface area (Å²) in [7, 11) is 3.59. The Balaban J connectivity index is 1.76. The Morgan fingerprint density at radius 3 is 2.74 bits per heavy atom. The third-order valence-corrected chi connectivity index (χ3v) is 4.91. The van der Waals surface area contributed by atoms with Crippen molar-refractivity contribution in [2.75, 3.05) is 33.8 Å². The highest BCUT2D eigenvalue weighted by Gasteiger charge is 2.22. The normalized spacial score (nSPS) is 15.7. The summed E-state index contributed by atoms with van der Waals surface area (Å²) < 4.78 is 5.15. The molecule has 128 valence electrons. The first-order chi connectivity index (χ1) is 11.1. The standard InChI is InChI=1S/C18H27ClN2O2/c1-20-10-7-14-8-11-21(12-9-14)18(22)6-4-15-3-5-17(23-2)16(19)13-15/h3,5,13-14,20H,4,6-12H2,1-2H3. The molecular weight excluding hydrogens is 312 g/mol. The number of nitrogens with one attached hydrogen (secondary N) is 1. The van der Waals surface area contributed by atoms with Gasteiger partial charge in [-0.15, -0.1) is 0 Å². The Morgan fingerprint density at radius 1 is 1.39 bits per heavy atom. The van der Waals surface area contributed by atoms with Gasteiger partial charge in [-0.2, -0.15) is 0 Å². The van der Waals surface area contributed by atoms with E-state index in [1.165, 1.54) is 6.42 Å². The number of carbonyl (C=O) groups is 1. The van der Waals surface area contributed by atoms with Crippen LogP contribution in [0.5, 0.6) is 5.75 Å². The molecule has 1 fully saturated rings. The van der Waals surface area contributed by atoms with Gasteiger partial charge in [0.15, 0.2) is 0 Å². The van der Waals surface area contributed by atoms with Gasteiger partial charge < -0.3 is 15.0 Å². The van der Waals surface area contributed by atoms with Gasteiger partial charge >= 0.3 is 0 Å². The molecule has 0 radical (unpaired) electrons. The summed E-state index contributed by atoms with van der Waals surface area (Å²) >= 11 is 6.13. The first-order valence-corrected chi connectivity index (χ1v) is 8.76.